The first kappa shape index (κ1) is 14.2. The van der Waals surface area contributed by atoms with Crippen molar-refractivity contribution in [2.75, 3.05) is 12.4 Å². The number of amides is 1. The number of ether oxygens (including phenoxy) is 1. The van der Waals surface area contributed by atoms with Crippen molar-refractivity contribution in [3.8, 4) is 5.75 Å². The van der Waals surface area contributed by atoms with E-state index in [2.05, 4.69) is 19.2 Å². The zero-order valence-electron chi connectivity index (χ0n) is 11.2. The highest BCUT2D eigenvalue weighted by Gasteiger charge is 2.11. The molecule has 1 aromatic rings. The number of hydrogen-bond donors (Lipinski definition) is 1. The molecule has 0 saturated carbocycles. The Bertz CT molecular complexity index is 452. The highest BCUT2D eigenvalue weighted by atomic mass is 16.5. The van der Waals surface area contributed by atoms with Crippen LogP contribution in [0.15, 0.2) is 18.2 Å². The van der Waals surface area contributed by atoms with Crippen molar-refractivity contribution in [3.05, 3.63) is 23.8 Å². The van der Waals surface area contributed by atoms with Gasteiger partial charge in [-0.1, -0.05) is 19.9 Å². The van der Waals surface area contributed by atoms with E-state index >= 15 is 0 Å². The van der Waals surface area contributed by atoms with Gasteiger partial charge < -0.3 is 10.1 Å². The van der Waals surface area contributed by atoms with Crippen molar-refractivity contribution in [1.82, 2.24) is 0 Å². The molecule has 0 saturated heterocycles. The van der Waals surface area contributed by atoms with Crippen LogP contribution in [0.5, 0.6) is 5.75 Å². The van der Waals surface area contributed by atoms with Crippen LogP contribution >= 0.6 is 0 Å². The van der Waals surface area contributed by atoms with Crippen LogP contribution < -0.4 is 10.1 Å². The topological polar surface area (TPSA) is 55.4 Å². The monoisotopic (exact) mass is 249 g/mol. The molecule has 0 aliphatic carbocycles. The Morgan fingerprint density at radius 1 is 1.33 bits per heavy atom. The molecule has 0 spiro atoms. The van der Waals surface area contributed by atoms with E-state index in [1.807, 2.05) is 12.1 Å². The molecule has 98 valence electrons. The lowest BCUT2D eigenvalue weighted by Gasteiger charge is -2.13. The number of rotatable bonds is 5. The van der Waals surface area contributed by atoms with E-state index in [0.717, 1.165) is 5.56 Å². The summed E-state index contributed by atoms with van der Waals surface area (Å²) in [6, 6.07) is 5.64. The van der Waals surface area contributed by atoms with Crippen molar-refractivity contribution in [2.24, 2.45) is 0 Å². The van der Waals surface area contributed by atoms with E-state index in [0.29, 0.717) is 17.4 Å². The zero-order chi connectivity index (χ0) is 13.7. The predicted octanol–water partition coefficient (Wildman–Crippen LogP) is 2.74. The molecule has 0 unspecified atom stereocenters. The molecule has 4 nitrogen and oxygen atoms in total. The predicted molar refractivity (Wildman–Crippen MR) is 71.0 cm³/mol. The van der Waals surface area contributed by atoms with E-state index < -0.39 is 0 Å². The van der Waals surface area contributed by atoms with Crippen molar-refractivity contribution < 1.29 is 14.3 Å². The second-order valence-corrected chi connectivity index (χ2v) is 4.54. The van der Waals surface area contributed by atoms with Gasteiger partial charge in [-0.3, -0.25) is 9.59 Å². The number of nitrogens with one attached hydrogen (secondary N) is 1. The van der Waals surface area contributed by atoms with Gasteiger partial charge in [0, 0.05) is 0 Å². The summed E-state index contributed by atoms with van der Waals surface area (Å²) in [5.74, 6) is 0.516. The molecule has 1 aromatic carbocycles. The number of hydrogen-bond acceptors (Lipinski definition) is 3. The third-order valence-electron chi connectivity index (χ3n) is 2.58. The number of carbonyl (C=O) groups is 2. The van der Waals surface area contributed by atoms with Gasteiger partial charge in [-0.25, -0.2) is 0 Å². The third-order valence-corrected chi connectivity index (χ3v) is 2.58. The van der Waals surface area contributed by atoms with Crippen molar-refractivity contribution in [2.45, 2.75) is 33.1 Å². The third kappa shape index (κ3) is 3.87. The molecule has 0 aliphatic rings. The van der Waals surface area contributed by atoms with Crippen molar-refractivity contribution >= 4 is 17.4 Å². The Labute approximate surface area is 107 Å². The summed E-state index contributed by atoms with van der Waals surface area (Å²) in [4.78, 5) is 22.4. The van der Waals surface area contributed by atoms with Gasteiger partial charge in [-0.2, -0.15) is 0 Å². The Balaban J connectivity index is 2.89. The summed E-state index contributed by atoms with van der Waals surface area (Å²) in [7, 11) is 1.56. The highest BCUT2D eigenvalue weighted by molar-refractivity contribution is 6.04. The summed E-state index contributed by atoms with van der Waals surface area (Å²) in [5, 5.41) is 2.67. The first-order valence-electron chi connectivity index (χ1n) is 5.91. The highest BCUT2D eigenvalue weighted by Crippen LogP contribution is 2.28. The lowest BCUT2D eigenvalue weighted by atomic mass is 10.0. The van der Waals surface area contributed by atoms with Gasteiger partial charge >= 0.3 is 0 Å². The van der Waals surface area contributed by atoms with Crippen LogP contribution in [-0.2, 0) is 9.59 Å². The van der Waals surface area contributed by atoms with Crippen molar-refractivity contribution in [1.29, 1.82) is 0 Å². The smallest absolute Gasteiger partial charge is 0.231 e. The van der Waals surface area contributed by atoms with Gasteiger partial charge in [0.25, 0.3) is 0 Å². The summed E-state index contributed by atoms with van der Waals surface area (Å²) in [5.41, 5.74) is 1.73. The molecule has 0 atom stereocenters. The molecule has 18 heavy (non-hydrogen) atoms. The van der Waals surface area contributed by atoms with Crippen LogP contribution in [-0.4, -0.2) is 18.8 Å². The van der Waals surface area contributed by atoms with Gasteiger partial charge in [0.2, 0.25) is 5.91 Å². The maximum absolute atomic E-state index is 11.5. The molecule has 4 heteroatoms. The molecule has 0 aromatic heterocycles. The maximum atomic E-state index is 11.5. The lowest BCUT2D eigenvalue weighted by Crippen LogP contribution is -2.15. The van der Waals surface area contributed by atoms with E-state index in [9.17, 15) is 9.59 Å². The Morgan fingerprint density at radius 3 is 2.50 bits per heavy atom. The second-order valence-electron chi connectivity index (χ2n) is 4.54. The van der Waals surface area contributed by atoms with Gasteiger partial charge in [0.05, 0.1) is 19.2 Å². The molecule has 0 fully saturated rings. The van der Waals surface area contributed by atoms with E-state index in [-0.39, 0.29) is 18.1 Å². The van der Waals surface area contributed by atoms with Crippen LogP contribution in [0.3, 0.4) is 0 Å². The minimum Gasteiger partial charge on any atom is -0.495 e. The molecule has 1 rings (SSSR count). The van der Waals surface area contributed by atoms with Crippen LogP contribution in [0.2, 0.25) is 0 Å². The van der Waals surface area contributed by atoms with E-state index in [4.69, 9.17) is 4.74 Å². The van der Waals surface area contributed by atoms with Crippen LogP contribution in [0.25, 0.3) is 0 Å². The fraction of sp³-hybridized carbons (Fsp3) is 0.429. The number of ketones is 1. The zero-order valence-corrected chi connectivity index (χ0v) is 11.2. The normalized spacial score (nSPS) is 10.3. The average molecular weight is 249 g/mol. The van der Waals surface area contributed by atoms with Gasteiger partial charge in [-0.05, 0) is 30.5 Å². The molecule has 0 bridgehead atoms. The standard InChI is InChI=1S/C14H19NO3/c1-9(2)11-5-6-12(13(8-11)18-4)15-14(17)7-10(3)16/h5-6,8-9H,7H2,1-4H3,(H,15,17). The molecule has 1 N–H and O–H groups in total. The van der Waals surface area contributed by atoms with Gasteiger partial charge in [-0.15, -0.1) is 0 Å². The summed E-state index contributed by atoms with van der Waals surface area (Å²) in [6.45, 7) is 5.56. The number of benzene rings is 1. The molecule has 0 aliphatic heterocycles. The summed E-state index contributed by atoms with van der Waals surface area (Å²) in [6.07, 6.45) is -0.116. The molecule has 1 amide bonds. The van der Waals surface area contributed by atoms with Crippen LogP contribution in [0, 0.1) is 0 Å². The number of anilines is 1. The maximum Gasteiger partial charge on any atom is 0.231 e. The fourth-order valence-electron chi connectivity index (χ4n) is 1.59. The lowest BCUT2D eigenvalue weighted by molar-refractivity contribution is -0.124. The minimum absolute atomic E-state index is 0.116. The Hall–Kier alpha value is -1.84. The van der Waals surface area contributed by atoms with Gasteiger partial charge in [0.15, 0.2) is 0 Å². The average Bonchev–Trinajstić information content (AvgIpc) is 2.27. The van der Waals surface area contributed by atoms with E-state index in [1.165, 1.54) is 6.92 Å². The van der Waals surface area contributed by atoms with Gasteiger partial charge in [0.1, 0.15) is 11.5 Å². The number of carbonyl (C=O) groups excluding carboxylic acids is 2. The summed E-state index contributed by atoms with van der Waals surface area (Å²) < 4.78 is 5.24. The molecule has 0 heterocycles. The number of methoxy groups -OCH3 is 1. The van der Waals surface area contributed by atoms with E-state index in [1.54, 1.807) is 13.2 Å². The Kier molecular flexibility index (Phi) is 4.89. The first-order valence-corrected chi connectivity index (χ1v) is 5.91. The molecular weight excluding hydrogens is 230 g/mol. The molecular formula is C14H19NO3. The Morgan fingerprint density at radius 2 is 2.00 bits per heavy atom. The largest absolute Gasteiger partial charge is 0.495 e. The first-order chi connectivity index (χ1) is 8.43. The van der Waals surface area contributed by atoms with Crippen LogP contribution in [0.1, 0.15) is 38.7 Å². The van der Waals surface area contributed by atoms with Crippen molar-refractivity contribution in [3.63, 3.8) is 0 Å². The fourth-order valence-corrected chi connectivity index (χ4v) is 1.59. The van der Waals surface area contributed by atoms with Crippen LogP contribution in [0.4, 0.5) is 5.69 Å². The second kappa shape index (κ2) is 6.19. The minimum atomic E-state index is -0.321. The SMILES string of the molecule is COc1cc(C(C)C)ccc1NC(=O)CC(C)=O. The number of Topliss-reactive ketones (excluding diaryl/α,β-unsaturated/α-hetero) is 1. The molecule has 0 radical (unpaired) electrons. The quantitative estimate of drug-likeness (QED) is 0.816. The summed E-state index contributed by atoms with van der Waals surface area (Å²) >= 11 is 0.